The van der Waals surface area contributed by atoms with Gasteiger partial charge in [0, 0.05) is 3.57 Å². The molecule has 0 saturated carbocycles. The summed E-state index contributed by atoms with van der Waals surface area (Å²) >= 11 is 2.18. The zero-order valence-electron chi connectivity index (χ0n) is 5.93. The van der Waals surface area contributed by atoms with Crippen LogP contribution in [0.3, 0.4) is 0 Å². The maximum atomic E-state index is 12.1. The molecule has 0 fully saturated rings. The number of nitrogens with two attached hydrogens (primary N) is 1. The van der Waals surface area contributed by atoms with Gasteiger partial charge in [-0.2, -0.15) is 0 Å². The zero-order valence-corrected chi connectivity index (χ0v) is 8.08. The molecule has 1 nitrogen and oxygen atoms in total. The summed E-state index contributed by atoms with van der Waals surface area (Å²) in [4.78, 5) is 0. The van der Waals surface area contributed by atoms with E-state index in [1.165, 1.54) is 0 Å². The summed E-state index contributed by atoms with van der Waals surface area (Å²) in [5, 5.41) is 0. The van der Waals surface area contributed by atoms with E-state index < -0.39 is 12.7 Å². The Morgan fingerprint density at radius 2 is 2.27 bits per heavy atom. The van der Waals surface area contributed by atoms with Crippen LogP contribution in [0.25, 0.3) is 0 Å². The van der Waals surface area contributed by atoms with Crippen molar-refractivity contribution >= 4 is 22.6 Å². The average molecular weight is 265 g/mol. The maximum absolute atomic E-state index is 12.1. The first-order valence-electron chi connectivity index (χ1n) is 3.31. The van der Waals surface area contributed by atoms with Crippen molar-refractivity contribution in [3.63, 3.8) is 0 Å². The van der Waals surface area contributed by atoms with Gasteiger partial charge in [0.2, 0.25) is 0 Å². The third-order valence-corrected chi connectivity index (χ3v) is 2.11. The fourth-order valence-electron chi connectivity index (χ4n) is 0.826. The van der Waals surface area contributed by atoms with Crippen LogP contribution in [-0.2, 0) is 0 Å². The van der Waals surface area contributed by atoms with E-state index in [1.54, 1.807) is 0 Å². The van der Waals surface area contributed by atoms with Crippen molar-refractivity contribution < 1.29 is 4.39 Å². The predicted octanol–water partition coefficient (Wildman–Crippen LogP) is 2.26. The summed E-state index contributed by atoms with van der Waals surface area (Å²) in [5.41, 5.74) is 6.35. The van der Waals surface area contributed by atoms with Crippen molar-refractivity contribution in [2.24, 2.45) is 5.73 Å². The lowest BCUT2D eigenvalue weighted by Crippen LogP contribution is -2.11. The van der Waals surface area contributed by atoms with Gasteiger partial charge in [-0.3, -0.25) is 0 Å². The highest BCUT2D eigenvalue weighted by atomic mass is 127. The highest BCUT2D eigenvalue weighted by Crippen LogP contribution is 2.13. The minimum atomic E-state index is -0.500. The number of hydrogen-bond donors (Lipinski definition) is 1. The number of hydrogen-bond acceptors (Lipinski definition) is 1. The molecule has 0 bridgehead atoms. The smallest absolute Gasteiger partial charge is 0.109 e. The van der Waals surface area contributed by atoms with Gasteiger partial charge in [-0.25, -0.2) is 4.39 Å². The van der Waals surface area contributed by atoms with Crippen LogP contribution < -0.4 is 5.73 Å². The van der Waals surface area contributed by atoms with Crippen molar-refractivity contribution in [3.8, 4) is 0 Å². The molecule has 60 valence electrons. The fraction of sp³-hybridized carbons (Fsp3) is 0.250. The van der Waals surface area contributed by atoms with Crippen LogP contribution in [0.4, 0.5) is 4.39 Å². The molecule has 1 atom stereocenters. The second kappa shape index (κ2) is 4.01. The van der Waals surface area contributed by atoms with E-state index in [4.69, 9.17) is 5.73 Å². The second-order valence-electron chi connectivity index (χ2n) is 2.32. The van der Waals surface area contributed by atoms with Crippen molar-refractivity contribution in [2.75, 3.05) is 6.67 Å². The fourth-order valence-corrected chi connectivity index (χ4v) is 1.39. The van der Waals surface area contributed by atoms with Gasteiger partial charge in [0.1, 0.15) is 6.67 Å². The molecule has 0 amide bonds. The number of rotatable bonds is 2. The molecular formula is C8H9FIN. The Bertz CT molecular complexity index is 239. The highest BCUT2D eigenvalue weighted by Gasteiger charge is 2.03. The lowest BCUT2D eigenvalue weighted by atomic mass is 10.1. The molecule has 2 N–H and O–H groups in total. The quantitative estimate of drug-likeness (QED) is 0.815. The molecule has 0 spiro atoms. The molecule has 0 unspecified atom stereocenters. The lowest BCUT2D eigenvalue weighted by molar-refractivity contribution is 0.437. The molecule has 0 aromatic heterocycles. The predicted molar refractivity (Wildman–Crippen MR) is 52.1 cm³/mol. The molecule has 0 heterocycles. The van der Waals surface area contributed by atoms with Crippen LogP contribution in [-0.4, -0.2) is 6.67 Å². The Hall–Kier alpha value is -0.160. The molecular weight excluding hydrogens is 256 g/mol. The summed E-state index contributed by atoms with van der Waals surface area (Å²) in [5.74, 6) is 0. The minimum Gasteiger partial charge on any atom is -0.322 e. The monoisotopic (exact) mass is 265 g/mol. The summed E-state index contributed by atoms with van der Waals surface area (Å²) < 4.78 is 13.2. The molecule has 1 aromatic rings. The van der Waals surface area contributed by atoms with Gasteiger partial charge in [0.15, 0.2) is 0 Å². The van der Waals surface area contributed by atoms with Crippen LogP contribution in [0.15, 0.2) is 24.3 Å². The Kier molecular flexibility index (Phi) is 3.26. The summed E-state index contributed by atoms with van der Waals surface area (Å²) in [7, 11) is 0. The van der Waals surface area contributed by atoms with Crippen LogP contribution in [0.1, 0.15) is 11.6 Å². The van der Waals surface area contributed by atoms with Gasteiger partial charge >= 0.3 is 0 Å². The molecule has 11 heavy (non-hydrogen) atoms. The Labute approximate surface area is 78.9 Å². The largest absolute Gasteiger partial charge is 0.322 e. The Balaban J connectivity index is 2.86. The van der Waals surface area contributed by atoms with E-state index >= 15 is 0 Å². The third kappa shape index (κ3) is 2.41. The number of benzene rings is 1. The first kappa shape index (κ1) is 8.93. The lowest BCUT2D eigenvalue weighted by Gasteiger charge is -2.06. The second-order valence-corrected chi connectivity index (χ2v) is 3.56. The van der Waals surface area contributed by atoms with Crippen LogP contribution >= 0.6 is 22.6 Å². The Morgan fingerprint density at radius 3 is 2.82 bits per heavy atom. The molecule has 0 aliphatic carbocycles. The molecule has 0 radical (unpaired) electrons. The van der Waals surface area contributed by atoms with E-state index in [-0.39, 0.29) is 0 Å². The Morgan fingerprint density at radius 1 is 1.55 bits per heavy atom. The van der Waals surface area contributed by atoms with E-state index in [0.717, 1.165) is 9.13 Å². The number of alkyl halides is 1. The first-order valence-corrected chi connectivity index (χ1v) is 4.39. The van der Waals surface area contributed by atoms with Crippen LogP contribution in [0, 0.1) is 3.57 Å². The van der Waals surface area contributed by atoms with Gasteiger partial charge < -0.3 is 5.73 Å². The third-order valence-electron chi connectivity index (χ3n) is 1.44. The van der Waals surface area contributed by atoms with Gasteiger partial charge in [-0.1, -0.05) is 12.1 Å². The molecule has 1 aromatic carbocycles. The van der Waals surface area contributed by atoms with Crippen molar-refractivity contribution in [2.45, 2.75) is 6.04 Å². The van der Waals surface area contributed by atoms with Gasteiger partial charge in [0.25, 0.3) is 0 Å². The summed E-state index contributed by atoms with van der Waals surface area (Å²) in [6.07, 6.45) is 0. The normalized spacial score (nSPS) is 13.0. The summed E-state index contributed by atoms with van der Waals surface area (Å²) in [6.45, 7) is -0.500. The highest BCUT2D eigenvalue weighted by molar-refractivity contribution is 14.1. The molecule has 0 aliphatic rings. The average Bonchev–Trinajstić information content (AvgIpc) is 2.03. The van der Waals surface area contributed by atoms with E-state index in [0.29, 0.717) is 0 Å². The van der Waals surface area contributed by atoms with Crippen molar-refractivity contribution in [1.29, 1.82) is 0 Å². The minimum absolute atomic E-state index is 0.468. The maximum Gasteiger partial charge on any atom is 0.109 e. The molecule has 3 heteroatoms. The number of halogens is 2. The van der Waals surface area contributed by atoms with Crippen LogP contribution in [0.2, 0.25) is 0 Å². The topological polar surface area (TPSA) is 26.0 Å². The van der Waals surface area contributed by atoms with Gasteiger partial charge in [-0.15, -0.1) is 0 Å². The molecule has 1 rings (SSSR count). The standard InChI is InChI=1S/C8H9FIN/c9-5-8(11)6-2-1-3-7(10)4-6/h1-4,8H,5,11H2/t8-/m1/s1. The van der Waals surface area contributed by atoms with E-state index in [9.17, 15) is 4.39 Å². The van der Waals surface area contributed by atoms with Gasteiger partial charge in [-0.05, 0) is 40.3 Å². The zero-order chi connectivity index (χ0) is 8.27. The molecule has 0 aliphatic heterocycles. The van der Waals surface area contributed by atoms with Crippen molar-refractivity contribution in [1.82, 2.24) is 0 Å². The van der Waals surface area contributed by atoms with E-state index in [2.05, 4.69) is 22.6 Å². The summed E-state index contributed by atoms with van der Waals surface area (Å²) in [6, 6.07) is 7.10. The SMILES string of the molecule is N[C@H](CF)c1cccc(I)c1. The van der Waals surface area contributed by atoms with Crippen molar-refractivity contribution in [3.05, 3.63) is 33.4 Å². The van der Waals surface area contributed by atoms with Gasteiger partial charge in [0.05, 0.1) is 6.04 Å². The van der Waals surface area contributed by atoms with E-state index in [1.807, 2.05) is 24.3 Å². The molecule has 0 saturated heterocycles. The first-order chi connectivity index (χ1) is 5.24. The van der Waals surface area contributed by atoms with Crippen LogP contribution in [0.5, 0.6) is 0 Å².